The van der Waals surface area contributed by atoms with Crippen molar-refractivity contribution in [3.63, 3.8) is 0 Å². The fourth-order valence-corrected chi connectivity index (χ4v) is 4.77. The van der Waals surface area contributed by atoms with Crippen LogP contribution in [0.25, 0.3) is 0 Å². The van der Waals surface area contributed by atoms with E-state index in [9.17, 15) is 14.4 Å². The summed E-state index contributed by atoms with van der Waals surface area (Å²) in [5.41, 5.74) is -0.507. The van der Waals surface area contributed by atoms with Gasteiger partial charge in [0.2, 0.25) is 5.01 Å². The number of ether oxygens (including phenoxy) is 2. The zero-order valence-corrected chi connectivity index (χ0v) is 20.1. The van der Waals surface area contributed by atoms with Gasteiger partial charge in [-0.2, -0.15) is 0 Å². The molecule has 2 fully saturated rings. The number of nitrogens with zero attached hydrogens (tertiary/aromatic N) is 4. The van der Waals surface area contributed by atoms with Crippen molar-refractivity contribution in [2.75, 3.05) is 39.8 Å². The fraction of sp³-hybridized carbons (Fsp3) is 0.762. The van der Waals surface area contributed by atoms with Crippen molar-refractivity contribution in [3.05, 3.63) is 10.0 Å². The molecule has 178 valence electrons. The largest absolute Gasteiger partial charge is 0.468 e. The third-order valence-electron chi connectivity index (χ3n) is 5.63. The Morgan fingerprint density at radius 2 is 1.72 bits per heavy atom. The molecule has 2 amide bonds. The van der Waals surface area contributed by atoms with Crippen molar-refractivity contribution < 1.29 is 23.9 Å². The first kappa shape index (κ1) is 24.4. The van der Waals surface area contributed by atoms with Gasteiger partial charge in [0.25, 0.3) is 5.91 Å². The molecule has 0 radical (unpaired) electrons. The number of carbonyl (C=O) groups excluding carboxylic acids is 3. The van der Waals surface area contributed by atoms with E-state index >= 15 is 0 Å². The zero-order chi connectivity index (χ0) is 23.3. The molecular weight excluding hydrogens is 434 g/mol. The summed E-state index contributed by atoms with van der Waals surface area (Å²) in [5, 5.41) is 12.6. The molecule has 0 saturated carbocycles. The Kier molecular flexibility index (Phi) is 8.05. The van der Waals surface area contributed by atoms with E-state index in [1.165, 1.54) is 18.4 Å². The number of likely N-dealkylation sites (tertiary alicyclic amines) is 2. The normalized spacial score (nSPS) is 18.9. The first-order chi connectivity index (χ1) is 15.1. The quantitative estimate of drug-likeness (QED) is 0.654. The van der Waals surface area contributed by atoms with Crippen LogP contribution in [0.2, 0.25) is 0 Å². The van der Waals surface area contributed by atoms with E-state index < -0.39 is 5.60 Å². The molecular formula is C21H33N5O5S. The summed E-state index contributed by atoms with van der Waals surface area (Å²) in [5.74, 6) is -0.258. The maximum absolute atomic E-state index is 12.6. The van der Waals surface area contributed by atoms with Crippen LogP contribution in [-0.2, 0) is 14.3 Å². The number of nitrogens with one attached hydrogen (secondary N) is 1. The fourth-order valence-electron chi connectivity index (χ4n) is 3.86. The summed E-state index contributed by atoms with van der Waals surface area (Å²) in [4.78, 5) is 40.0. The Labute approximate surface area is 192 Å². The highest BCUT2D eigenvalue weighted by Gasteiger charge is 2.30. The van der Waals surface area contributed by atoms with E-state index in [-0.39, 0.29) is 36.5 Å². The summed E-state index contributed by atoms with van der Waals surface area (Å²) in [6.45, 7) is 8.53. The minimum absolute atomic E-state index is 0.0563. The molecule has 1 aromatic rings. The van der Waals surface area contributed by atoms with Gasteiger partial charge in [-0.25, -0.2) is 4.79 Å². The molecule has 3 rings (SSSR count). The minimum Gasteiger partial charge on any atom is -0.468 e. The van der Waals surface area contributed by atoms with E-state index in [4.69, 9.17) is 9.47 Å². The Balaban J connectivity index is 1.44. The minimum atomic E-state index is -0.507. The van der Waals surface area contributed by atoms with Crippen molar-refractivity contribution in [1.82, 2.24) is 25.3 Å². The lowest BCUT2D eigenvalue weighted by molar-refractivity contribution is -0.142. The molecule has 1 N–H and O–H groups in total. The second kappa shape index (κ2) is 10.6. The number of methoxy groups -OCH3 is 1. The molecule has 0 aromatic carbocycles. The lowest BCUT2D eigenvalue weighted by Crippen LogP contribution is -2.46. The third-order valence-corrected chi connectivity index (χ3v) is 6.72. The average molecular weight is 468 g/mol. The number of hydrogen-bond donors (Lipinski definition) is 1. The summed E-state index contributed by atoms with van der Waals surface area (Å²) >= 11 is 1.33. The maximum atomic E-state index is 12.6. The molecule has 0 aliphatic carbocycles. The van der Waals surface area contributed by atoms with Gasteiger partial charge in [-0.05, 0) is 46.5 Å². The standard InChI is InChI=1S/C21H33N5O5S/c1-21(2,3)31-20(29)26-11-5-14(6-12-26)18-23-24-19(32-18)17(28)22-15-7-9-25(10-8-15)13-16(27)30-4/h14-15H,5-13H2,1-4H3,(H,22,28). The number of carbonyl (C=O) groups is 3. The van der Waals surface area contributed by atoms with Gasteiger partial charge in [-0.3, -0.25) is 14.5 Å². The predicted octanol–water partition coefficient (Wildman–Crippen LogP) is 2.02. The van der Waals surface area contributed by atoms with Crippen molar-refractivity contribution >= 4 is 29.3 Å². The first-order valence-corrected chi connectivity index (χ1v) is 11.9. The maximum Gasteiger partial charge on any atom is 0.410 e. The van der Waals surface area contributed by atoms with Gasteiger partial charge >= 0.3 is 12.1 Å². The average Bonchev–Trinajstić information content (AvgIpc) is 3.24. The number of amides is 2. The van der Waals surface area contributed by atoms with Crippen LogP contribution in [0.15, 0.2) is 0 Å². The van der Waals surface area contributed by atoms with Crippen LogP contribution in [-0.4, -0.2) is 89.4 Å². The molecule has 3 heterocycles. The molecule has 0 unspecified atom stereocenters. The van der Waals surface area contributed by atoms with Crippen LogP contribution in [0.1, 0.15) is 67.2 Å². The van der Waals surface area contributed by atoms with Crippen LogP contribution in [0.3, 0.4) is 0 Å². The summed E-state index contributed by atoms with van der Waals surface area (Å²) in [6, 6.07) is 0.0563. The topological polar surface area (TPSA) is 114 Å². The van der Waals surface area contributed by atoms with Crippen LogP contribution in [0.4, 0.5) is 4.79 Å². The van der Waals surface area contributed by atoms with Crippen LogP contribution < -0.4 is 5.32 Å². The molecule has 10 nitrogen and oxygen atoms in total. The van der Waals surface area contributed by atoms with Gasteiger partial charge in [0, 0.05) is 38.1 Å². The summed E-state index contributed by atoms with van der Waals surface area (Å²) in [7, 11) is 1.38. The van der Waals surface area contributed by atoms with Gasteiger partial charge in [0.05, 0.1) is 13.7 Å². The van der Waals surface area contributed by atoms with E-state index in [2.05, 4.69) is 15.5 Å². The molecule has 0 bridgehead atoms. The molecule has 2 aliphatic rings. The molecule has 11 heteroatoms. The summed E-state index contributed by atoms with van der Waals surface area (Å²) in [6.07, 6.45) is 2.81. The number of rotatable bonds is 5. The molecule has 2 saturated heterocycles. The Morgan fingerprint density at radius 3 is 2.31 bits per heavy atom. The van der Waals surface area contributed by atoms with E-state index in [1.54, 1.807) is 4.90 Å². The number of esters is 1. The van der Waals surface area contributed by atoms with Gasteiger partial charge in [0.1, 0.15) is 10.6 Å². The van der Waals surface area contributed by atoms with E-state index in [0.717, 1.165) is 43.8 Å². The molecule has 1 aromatic heterocycles. The second-order valence-electron chi connectivity index (χ2n) is 9.29. The van der Waals surface area contributed by atoms with Gasteiger partial charge in [-0.1, -0.05) is 11.3 Å². The van der Waals surface area contributed by atoms with Gasteiger partial charge < -0.3 is 19.7 Å². The molecule has 2 aliphatic heterocycles. The Morgan fingerprint density at radius 1 is 1.06 bits per heavy atom. The SMILES string of the molecule is COC(=O)CN1CCC(NC(=O)c2nnc(C3CCN(C(=O)OC(C)(C)C)CC3)s2)CC1. The lowest BCUT2D eigenvalue weighted by Gasteiger charge is -2.32. The van der Waals surface area contributed by atoms with Crippen molar-refractivity contribution in [1.29, 1.82) is 0 Å². The Bertz CT molecular complexity index is 808. The molecule has 0 spiro atoms. The molecule has 0 atom stereocenters. The summed E-state index contributed by atoms with van der Waals surface area (Å²) < 4.78 is 10.1. The number of hydrogen-bond acceptors (Lipinski definition) is 9. The highest BCUT2D eigenvalue weighted by Crippen LogP contribution is 2.30. The number of piperidine rings is 2. The second-order valence-corrected chi connectivity index (χ2v) is 10.3. The van der Waals surface area contributed by atoms with E-state index in [0.29, 0.717) is 18.1 Å². The molecule has 32 heavy (non-hydrogen) atoms. The van der Waals surface area contributed by atoms with Crippen molar-refractivity contribution in [2.24, 2.45) is 0 Å². The Hall–Kier alpha value is -2.27. The highest BCUT2D eigenvalue weighted by molar-refractivity contribution is 7.13. The highest BCUT2D eigenvalue weighted by atomic mass is 32.1. The van der Waals surface area contributed by atoms with Crippen LogP contribution in [0.5, 0.6) is 0 Å². The predicted molar refractivity (Wildman–Crippen MR) is 119 cm³/mol. The lowest BCUT2D eigenvalue weighted by atomic mass is 9.98. The monoisotopic (exact) mass is 467 g/mol. The smallest absolute Gasteiger partial charge is 0.410 e. The van der Waals surface area contributed by atoms with Crippen molar-refractivity contribution in [2.45, 2.75) is 64.0 Å². The van der Waals surface area contributed by atoms with Crippen LogP contribution in [0, 0.1) is 0 Å². The van der Waals surface area contributed by atoms with Crippen molar-refractivity contribution in [3.8, 4) is 0 Å². The van der Waals surface area contributed by atoms with Crippen LogP contribution >= 0.6 is 11.3 Å². The zero-order valence-electron chi connectivity index (χ0n) is 19.3. The third kappa shape index (κ3) is 6.86. The number of aromatic nitrogens is 2. The van der Waals surface area contributed by atoms with Gasteiger partial charge in [0.15, 0.2) is 0 Å². The van der Waals surface area contributed by atoms with E-state index in [1.807, 2.05) is 25.7 Å². The van der Waals surface area contributed by atoms with Gasteiger partial charge in [-0.15, -0.1) is 10.2 Å². The first-order valence-electron chi connectivity index (χ1n) is 11.1.